The van der Waals surface area contributed by atoms with Gasteiger partial charge < -0.3 is 0 Å². The summed E-state index contributed by atoms with van der Waals surface area (Å²) in [6.07, 6.45) is -0.757. The lowest BCUT2D eigenvalue weighted by atomic mass is 10.1. The van der Waals surface area contributed by atoms with E-state index in [1.54, 1.807) is 5.38 Å². The van der Waals surface area contributed by atoms with Crippen LogP contribution in [0.1, 0.15) is 11.1 Å². The number of alkyl halides is 3. The van der Waals surface area contributed by atoms with Crippen LogP contribution in [0.25, 0.3) is 6.08 Å². The van der Waals surface area contributed by atoms with Gasteiger partial charge in [0.05, 0.1) is 5.56 Å². The Morgan fingerprint density at radius 2 is 2.05 bits per heavy atom. The predicted octanol–water partition coefficient (Wildman–Crippen LogP) is 3.81. The SMILES string of the molecule is O=C(C=Cc1ccccc1C(F)(F)F)Nc1nccs1. The number of anilines is 1. The van der Waals surface area contributed by atoms with E-state index in [0.717, 1.165) is 18.2 Å². The molecule has 104 valence electrons. The van der Waals surface area contributed by atoms with Gasteiger partial charge in [-0.25, -0.2) is 4.98 Å². The van der Waals surface area contributed by atoms with Crippen LogP contribution in [0.4, 0.5) is 18.3 Å². The second-order valence-corrected chi connectivity index (χ2v) is 4.64. The van der Waals surface area contributed by atoms with Crippen molar-refractivity contribution in [1.82, 2.24) is 4.98 Å². The van der Waals surface area contributed by atoms with Crippen molar-refractivity contribution in [2.75, 3.05) is 5.32 Å². The maximum absolute atomic E-state index is 12.7. The molecule has 0 unspecified atom stereocenters. The van der Waals surface area contributed by atoms with Gasteiger partial charge in [-0.3, -0.25) is 10.1 Å². The van der Waals surface area contributed by atoms with Crippen LogP contribution < -0.4 is 5.32 Å². The molecule has 1 aromatic carbocycles. The van der Waals surface area contributed by atoms with E-state index in [-0.39, 0.29) is 5.56 Å². The fourth-order valence-electron chi connectivity index (χ4n) is 1.50. The molecule has 3 nitrogen and oxygen atoms in total. The van der Waals surface area contributed by atoms with E-state index in [1.165, 1.54) is 35.7 Å². The molecule has 0 saturated heterocycles. The van der Waals surface area contributed by atoms with Crippen molar-refractivity contribution in [2.24, 2.45) is 0 Å². The maximum atomic E-state index is 12.7. The maximum Gasteiger partial charge on any atom is 0.416 e. The van der Waals surface area contributed by atoms with Crippen LogP contribution in [0.2, 0.25) is 0 Å². The Labute approximate surface area is 116 Å². The highest BCUT2D eigenvalue weighted by atomic mass is 32.1. The number of rotatable bonds is 3. The molecule has 2 rings (SSSR count). The normalized spacial score (nSPS) is 11.8. The van der Waals surface area contributed by atoms with Gasteiger partial charge in [-0.15, -0.1) is 11.3 Å². The fourth-order valence-corrected chi connectivity index (χ4v) is 2.03. The molecule has 0 bridgehead atoms. The Kier molecular flexibility index (Phi) is 4.19. The molecule has 2 aromatic rings. The summed E-state index contributed by atoms with van der Waals surface area (Å²) in [6.45, 7) is 0. The van der Waals surface area contributed by atoms with Crippen LogP contribution in [0.3, 0.4) is 0 Å². The van der Waals surface area contributed by atoms with Gasteiger partial charge in [0, 0.05) is 17.7 Å². The number of nitrogens with one attached hydrogen (secondary N) is 1. The molecule has 7 heteroatoms. The first kappa shape index (κ1) is 14.3. The Morgan fingerprint density at radius 3 is 2.70 bits per heavy atom. The van der Waals surface area contributed by atoms with Gasteiger partial charge in [0.1, 0.15) is 0 Å². The van der Waals surface area contributed by atoms with E-state index in [4.69, 9.17) is 0 Å². The number of carbonyl (C=O) groups excluding carboxylic acids is 1. The molecule has 1 aromatic heterocycles. The van der Waals surface area contributed by atoms with Crippen molar-refractivity contribution < 1.29 is 18.0 Å². The lowest BCUT2D eigenvalue weighted by Crippen LogP contribution is -2.09. The van der Waals surface area contributed by atoms with E-state index in [0.29, 0.717) is 5.13 Å². The molecule has 0 saturated carbocycles. The summed E-state index contributed by atoms with van der Waals surface area (Å²) in [5, 5.41) is 4.52. The number of thiazole rings is 1. The first-order valence-corrected chi connectivity index (χ1v) is 6.39. The van der Waals surface area contributed by atoms with Crippen molar-refractivity contribution in [3.8, 4) is 0 Å². The van der Waals surface area contributed by atoms with E-state index in [2.05, 4.69) is 10.3 Å². The predicted molar refractivity (Wildman–Crippen MR) is 71.2 cm³/mol. The molecule has 0 radical (unpaired) electrons. The van der Waals surface area contributed by atoms with Gasteiger partial charge >= 0.3 is 6.18 Å². The molecule has 20 heavy (non-hydrogen) atoms. The van der Waals surface area contributed by atoms with Gasteiger partial charge in [-0.2, -0.15) is 13.2 Å². The summed E-state index contributed by atoms with van der Waals surface area (Å²) in [5.74, 6) is -0.531. The van der Waals surface area contributed by atoms with E-state index < -0.39 is 17.6 Å². The molecule has 0 fully saturated rings. The standard InChI is InChI=1S/C13H9F3N2OS/c14-13(15,16)10-4-2-1-3-9(10)5-6-11(19)18-12-17-7-8-20-12/h1-8H,(H,17,18,19). The van der Waals surface area contributed by atoms with Crippen LogP contribution >= 0.6 is 11.3 Å². The summed E-state index contributed by atoms with van der Waals surface area (Å²) in [5.41, 5.74) is -0.840. The Morgan fingerprint density at radius 1 is 1.30 bits per heavy atom. The molecule has 0 aliphatic heterocycles. The van der Waals surface area contributed by atoms with Crippen molar-refractivity contribution >= 4 is 28.5 Å². The number of aromatic nitrogens is 1. The van der Waals surface area contributed by atoms with Gasteiger partial charge in [-0.05, 0) is 17.7 Å². The Hall–Kier alpha value is -2.15. The monoisotopic (exact) mass is 298 g/mol. The number of hydrogen-bond donors (Lipinski definition) is 1. The summed E-state index contributed by atoms with van der Waals surface area (Å²) in [6, 6.07) is 5.05. The van der Waals surface area contributed by atoms with Crippen molar-refractivity contribution in [3.63, 3.8) is 0 Å². The van der Waals surface area contributed by atoms with Gasteiger partial charge in [0.25, 0.3) is 0 Å². The second kappa shape index (κ2) is 5.87. The lowest BCUT2D eigenvalue weighted by molar-refractivity contribution is -0.137. The highest BCUT2D eigenvalue weighted by molar-refractivity contribution is 7.13. The van der Waals surface area contributed by atoms with Gasteiger partial charge in [0.15, 0.2) is 5.13 Å². The van der Waals surface area contributed by atoms with Crippen LogP contribution in [0, 0.1) is 0 Å². The number of amides is 1. The molecule has 0 spiro atoms. The highest BCUT2D eigenvalue weighted by Gasteiger charge is 2.32. The smallest absolute Gasteiger partial charge is 0.298 e. The summed E-state index contributed by atoms with van der Waals surface area (Å²) in [4.78, 5) is 15.4. The quantitative estimate of drug-likeness (QED) is 0.875. The minimum atomic E-state index is -4.45. The lowest BCUT2D eigenvalue weighted by Gasteiger charge is -2.09. The third-order valence-corrected chi connectivity index (χ3v) is 3.03. The molecule has 0 atom stereocenters. The molecule has 1 heterocycles. The zero-order valence-corrected chi connectivity index (χ0v) is 10.8. The first-order valence-electron chi connectivity index (χ1n) is 5.51. The Balaban J connectivity index is 2.14. The van der Waals surface area contributed by atoms with E-state index in [9.17, 15) is 18.0 Å². The van der Waals surface area contributed by atoms with Crippen LogP contribution in [-0.4, -0.2) is 10.9 Å². The number of nitrogens with zero attached hydrogens (tertiary/aromatic N) is 1. The zero-order valence-electron chi connectivity index (χ0n) is 10.0. The minimum Gasteiger partial charge on any atom is -0.298 e. The van der Waals surface area contributed by atoms with Crippen molar-refractivity contribution in [2.45, 2.75) is 6.18 Å². The topological polar surface area (TPSA) is 42.0 Å². The average molecular weight is 298 g/mol. The fraction of sp³-hybridized carbons (Fsp3) is 0.0769. The highest BCUT2D eigenvalue weighted by Crippen LogP contribution is 2.32. The van der Waals surface area contributed by atoms with Gasteiger partial charge in [0.2, 0.25) is 5.91 Å². The summed E-state index contributed by atoms with van der Waals surface area (Å²) in [7, 11) is 0. The van der Waals surface area contributed by atoms with Crippen LogP contribution in [-0.2, 0) is 11.0 Å². The molecule has 1 amide bonds. The Bertz CT molecular complexity index is 621. The molecule has 0 aliphatic rings. The third kappa shape index (κ3) is 3.67. The number of carbonyl (C=O) groups is 1. The summed E-state index contributed by atoms with van der Waals surface area (Å²) >= 11 is 1.22. The van der Waals surface area contributed by atoms with Crippen molar-refractivity contribution in [1.29, 1.82) is 0 Å². The molecule has 1 N–H and O–H groups in total. The summed E-state index contributed by atoms with van der Waals surface area (Å²) < 4.78 is 38.2. The van der Waals surface area contributed by atoms with Crippen molar-refractivity contribution in [3.05, 3.63) is 53.0 Å². The first-order chi connectivity index (χ1) is 9.47. The zero-order chi connectivity index (χ0) is 14.6. The molecular weight excluding hydrogens is 289 g/mol. The number of halogens is 3. The molecule has 0 aliphatic carbocycles. The van der Waals surface area contributed by atoms with Gasteiger partial charge in [-0.1, -0.05) is 18.2 Å². The van der Waals surface area contributed by atoms with E-state index in [1.807, 2.05) is 0 Å². The number of benzene rings is 1. The third-order valence-electron chi connectivity index (χ3n) is 2.34. The number of hydrogen-bond acceptors (Lipinski definition) is 3. The van der Waals surface area contributed by atoms with Crippen LogP contribution in [0.5, 0.6) is 0 Å². The average Bonchev–Trinajstić information content (AvgIpc) is 2.88. The molecular formula is C13H9F3N2OS. The second-order valence-electron chi connectivity index (χ2n) is 3.74. The largest absolute Gasteiger partial charge is 0.416 e. The van der Waals surface area contributed by atoms with Crippen LogP contribution in [0.15, 0.2) is 41.9 Å². The minimum absolute atomic E-state index is 0.0608. The van der Waals surface area contributed by atoms with E-state index >= 15 is 0 Å².